The van der Waals surface area contributed by atoms with Crippen molar-refractivity contribution in [3.8, 4) is 0 Å². The standard InChI is InChI=1S/C20H17ClF2N2O6S/c1-32-7-6-17(24-19(27)13-4-3-12(25(29)30)9-14(13)21)20(28)31-10-18(26)11-2-5-15(22)16(23)8-11/h2-5,8-9,17H,6-7,10H2,1H3,(H,24,27)/t17-/m1/s1. The maximum atomic E-state index is 13.3. The van der Waals surface area contributed by atoms with E-state index in [2.05, 4.69) is 5.32 Å². The van der Waals surface area contributed by atoms with Crippen LogP contribution < -0.4 is 5.32 Å². The second kappa shape index (κ2) is 11.5. The number of ketones is 1. The van der Waals surface area contributed by atoms with Crippen molar-refractivity contribution in [3.63, 3.8) is 0 Å². The summed E-state index contributed by atoms with van der Waals surface area (Å²) < 4.78 is 31.2. The van der Waals surface area contributed by atoms with E-state index in [1.165, 1.54) is 11.8 Å². The Morgan fingerprint density at radius 2 is 1.91 bits per heavy atom. The number of esters is 1. The van der Waals surface area contributed by atoms with E-state index in [0.717, 1.165) is 30.3 Å². The zero-order chi connectivity index (χ0) is 23.8. The molecular weight excluding hydrogens is 470 g/mol. The van der Waals surface area contributed by atoms with E-state index in [9.17, 15) is 33.3 Å². The fourth-order valence-electron chi connectivity index (χ4n) is 2.51. The van der Waals surface area contributed by atoms with E-state index >= 15 is 0 Å². The van der Waals surface area contributed by atoms with Gasteiger partial charge in [0.15, 0.2) is 24.0 Å². The summed E-state index contributed by atoms with van der Waals surface area (Å²) in [4.78, 5) is 47.2. The van der Waals surface area contributed by atoms with Crippen molar-refractivity contribution in [2.45, 2.75) is 12.5 Å². The largest absolute Gasteiger partial charge is 0.456 e. The number of nitrogens with zero attached hydrogens (tertiary/aromatic N) is 1. The van der Waals surface area contributed by atoms with Crippen LogP contribution in [0.1, 0.15) is 27.1 Å². The highest BCUT2D eigenvalue weighted by molar-refractivity contribution is 7.98. The number of rotatable bonds is 10. The van der Waals surface area contributed by atoms with Crippen LogP contribution in [0.3, 0.4) is 0 Å². The lowest BCUT2D eigenvalue weighted by Crippen LogP contribution is -2.42. The molecule has 1 N–H and O–H groups in total. The van der Waals surface area contributed by atoms with Gasteiger partial charge < -0.3 is 10.1 Å². The molecule has 170 valence electrons. The topological polar surface area (TPSA) is 116 Å². The van der Waals surface area contributed by atoms with E-state index in [1.54, 1.807) is 6.26 Å². The summed E-state index contributed by atoms with van der Waals surface area (Å²) >= 11 is 7.34. The zero-order valence-electron chi connectivity index (χ0n) is 16.6. The maximum Gasteiger partial charge on any atom is 0.329 e. The van der Waals surface area contributed by atoms with Gasteiger partial charge in [-0.3, -0.25) is 19.7 Å². The average molecular weight is 487 g/mol. The van der Waals surface area contributed by atoms with Gasteiger partial charge in [-0.25, -0.2) is 13.6 Å². The Bertz CT molecular complexity index is 1050. The van der Waals surface area contributed by atoms with E-state index in [-0.39, 0.29) is 28.3 Å². The summed E-state index contributed by atoms with van der Waals surface area (Å²) in [6, 6.07) is 4.63. The van der Waals surface area contributed by atoms with Crippen molar-refractivity contribution in [2.75, 3.05) is 18.6 Å². The third kappa shape index (κ3) is 6.72. The first-order valence-electron chi connectivity index (χ1n) is 9.02. The quantitative estimate of drug-likeness (QED) is 0.235. The monoisotopic (exact) mass is 486 g/mol. The van der Waals surface area contributed by atoms with Gasteiger partial charge in [-0.05, 0) is 42.7 Å². The van der Waals surface area contributed by atoms with Crippen LogP contribution in [0.4, 0.5) is 14.5 Å². The Morgan fingerprint density at radius 1 is 1.19 bits per heavy atom. The number of hydrogen-bond donors (Lipinski definition) is 1. The molecule has 0 saturated heterocycles. The minimum absolute atomic E-state index is 0.0860. The number of nitro groups is 1. The van der Waals surface area contributed by atoms with Crippen LogP contribution in [0.25, 0.3) is 0 Å². The Kier molecular flexibility index (Phi) is 9.09. The summed E-state index contributed by atoms with van der Waals surface area (Å²) in [5.74, 6) is -4.31. The highest BCUT2D eigenvalue weighted by atomic mass is 35.5. The fraction of sp³-hybridized carbons (Fsp3) is 0.250. The number of hydrogen-bond acceptors (Lipinski definition) is 7. The van der Waals surface area contributed by atoms with Gasteiger partial charge in [0.1, 0.15) is 6.04 Å². The molecule has 1 amide bonds. The van der Waals surface area contributed by atoms with E-state index in [1.807, 2.05) is 0 Å². The SMILES string of the molecule is CSCC[C@@H](NC(=O)c1ccc([N+](=O)[O-])cc1Cl)C(=O)OCC(=O)c1ccc(F)c(F)c1. The number of nitro benzene ring substituents is 1. The third-order valence-corrected chi connectivity index (χ3v) is 5.15. The summed E-state index contributed by atoms with van der Waals surface area (Å²) in [5.41, 5.74) is -0.572. The molecular formula is C20H17ClF2N2O6S. The highest BCUT2D eigenvalue weighted by Gasteiger charge is 2.25. The smallest absolute Gasteiger partial charge is 0.329 e. The van der Waals surface area contributed by atoms with Crippen molar-refractivity contribution >= 4 is 46.7 Å². The van der Waals surface area contributed by atoms with E-state index < -0.39 is 46.9 Å². The first-order valence-corrected chi connectivity index (χ1v) is 10.8. The minimum atomic E-state index is -1.22. The van der Waals surface area contributed by atoms with Gasteiger partial charge in [0.25, 0.3) is 11.6 Å². The van der Waals surface area contributed by atoms with Gasteiger partial charge in [-0.15, -0.1) is 0 Å². The molecule has 8 nitrogen and oxygen atoms in total. The number of thioether (sulfide) groups is 1. The molecule has 0 saturated carbocycles. The molecule has 0 bridgehead atoms. The molecule has 0 fully saturated rings. The van der Waals surface area contributed by atoms with Crippen molar-refractivity contribution in [1.82, 2.24) is 5.32 Å². The van der Waals surface area contributed by atoms with Gasteiger partial charge >= 0.3 is 5.97 Å². The Hall–Kier alpha value is -3.05. The number of nitrogens with one attached hydrogen (secondary N) is 1. The second-order valence-corrected chi connectivity index (χ2v) is 7.78. The lowest BCUT2D eigenvalue weighted by atomic mass is 10.1. The van der Waals surface area contributed by atoms with E-state index in [4.69, 9.17) is 16.3 Å². The molecule has 0 aliphatic rings. The van der Waals surface area contributed by atoms with Gasteiger partial charge in [-0.1, -0.05) is 11.6 Å². The molecule has 2 aromatic carbocycles. The predicted molar refractivity (Wildman–Crippen MR) is 114 cm³/mol. The van der Waals surface area contributed by atoms with Crippen LogP contribution in [0, 0.1) is 21.7 Å². The molecule has 0 radical (unpaired) electrons. The summed E-state index contributed by atoms with van der Waals surface area (Å²) in [5, 5.41) is 13.1. The Labute approximate surface area is 190 Å². The molecule has 12 heteroatoms. The number of amides is 1. The fourth-order valence-corrected chi connectivity index (χ4v) is 3.24. The molecule has 2 aromatic rings. The summed E-state index contributed by atoms with van der Waals surface area (Å²) in [6.45, 7) is -0.742. The second-order valence-electron chi connectivity index (χ2n) is 6.39. The number of Topliss-reactive ketones (excluding diaryl/α,β-unsaturated/α-hetero) is 1. The van der Waals surface area contributed by atoms with Crippen molar-refractivity contribution in [3.05, 3.63) is 74.3 Å². The van der Waals surface area contributed by atoms with Crippen LogP contribution in [-0.4, -0.2) is 47.2 Å². The summed E-state index contributed by atoms with van der Waals surface area (Å²) in [7, 11) is 0. The van der Waals surface area contributed by atoms with Gasteiger partial charge in [-0.2, -0.15) is 11.8 Å². The number of ether oxygens (including phenoxy) is 1. The van der Waals surface area contributed by atoms with Crippen LogP contribution in [0.2, 0.25) is 5.02 Å². The number of benzene rings is 2. The lowest BCUT2D eigenvalue weighted by Gasteiger charge is -2.17. The number of non-ortho nitro benzene ring substituents is 1. The van der Waals surface area contributed by atoms with Crippen molar-refractivity contribution < 1.29 is 32.8 Å². The van der Waals surface area contributed by atoms with Crippen LogP contribution in [0.15, 0.2) is 36.4 Å². The minimum Gasteiger partial charge on any atom is -0.456 e. The van der Waals surface area contributed by atoms with Crippen LogP contribution in [0.5, 0.6) is 0 Å². The van der Waals surface area contributed by atoms with Gasteiger partial charge in [0, 0.05) is 17.7 Å². The maximum absolute atomic E-state index is 13.3. The normalized spacial score (nSPS) is 11.5. The molecule has 0 spiro atoms. The van der Waals surface area contributed by atoms with E-state index in [0.29, 0.717) is 11.8 Å². The molecule has 2 rings (SSSR count). The first-order chi connectivity index (χ1) is 15.1. The molecule has 0 unspecified atom stereocenters. The highest BCUT2D eigenvalue weighted by Crippen LogP contribution is 2.22. The molecule has 1 atom stereocenters. The third-order valence-electron chi connectivity index (χ3n) is 4.20. The molecule has 0 aliphatic heterocycles. The van der Waals surface area contributed by atoms with Crippen molar-refractivity contribution in [2.24, 2.45) is 0 Å². The molecule has 0 aromatic heterocycles. The average Bonchev–Trinajstić information content (AvgIpc) is 2.76. The van der Waals surface area contributed by atoms with Crippen LogP contribution >= 0.6 is 23.4 Å². The first kappa shape index (κ1) is 25.2. The van der Waals surface area contributed by atoms with Crippen LogP contribution in [-0.2, 0) is 9.53 Å². The summed E-state index contributed by atoms with van der Waals surface area (Å²) in [6.07, 6.45) is 1.94. The lowest BCUT2D eigenvalue weighted by molar-refractivity contribution is -0.384. The van der Waals surface area contributed by atoms with Gasteiger partial charge in [0.05, 0.1) is 15.5 Å². The predicted octanol–water partition coefficient (Wildman–Crippen LogP) is 3.80. The number of carbonyl (C=O) groups is 3. The zero-order valence-corrected chi connectivity index (χ0v) is 18.2. The Morgan fingerprint density at radius 3 is 2.50 bits per heavy atom. The Balaban J connectivity index is 2.07. The molecule has 32 heavy (non-hydrogen) atoms. The molecule has 0 aliphatic carbocycles. The van der Waals surface area contributed by atoms with Crippen molar-refractivity contribution in [1.29, 1.82) is 0 Å². The van der Waals surface area contributed by atoms with Gasteiger partial charge in [0.2, 0.25) is 0 Å². The molecule has 0 heterocycles. The number of halogens is 3. The number of carbonyl (C=O) groups excluding carboxylic acids is 3.